The minimum Gasteiger partial charge on any atom is -0.363 e. The van der Waals surface area contributed by atoms with Crippen LogP contribution in [0, 0.1) is 5.82 Å². The number of nitrogens with zero attached hydrogens (tertiary/aromatic N) is 2. The fourth-order valence-electron chi connectivity index (χ4n) is 3.39. The molecule has 2 aliphatic heterocycles. The number of amides is 2. The molecule has 0 aromatic heterocycles. The third-order valence-corrected chi connectivity index (χ3v) is 4.84. The van der Waals surface area contributed by atoms with Crippen molar-refractivity contribution < 1.29 is 23.1 Å². The number of anilines is 1. The Morgan fingerprint density at radius 1 is 1.28 bits per heavy atom. The number of alkyl halides is 1. The summed E-state index contributed by atoms with van der Waals surface area (Å²) in [6.45, 7) is 3.46. The number of hydrogen-bond acceptors (Lipinski definition) is 3. The van der Waals surface area contributed by atoms with Crippen molar-refractivity contribution in [3.8, 4) is 0 Å². The van der Waals surface area contributed by atoms with Gasteiger partial charge in [-0.1, -0.05) is 6.07 Å². The van der Waals surface area contributed by atoms with Crippen LogP contribution in [0.5, 0.6) is 0 Å². The molecule has 0 saturated carbocycles. The van der Waals surface area contributed by atoms with Gasteiger partial charge in [0.2, 0.25) is 0 Å². The second kappa shape index (κ2) is 6.37. The predicted molar refractivity (Wildman–Crippen MR) is 88.4 cm³/mol. The highest BCUT2D eigenvalue weighted by molar-refractivity contribution is 5.95. The lowest BCUT2D eigenvalue weighted by Gasteiger charge is -2.47. The minimum absolute atomic E-state index is 0.0843. The van der Waals surface area contributed by atoms with Crippen LogP contribution in [0.15, 0.2) is 24.3 Å². The van der Waals surface area contributed by atoms with Gasteiger partial charge in [0.05, 0.1) is 12.1 Å². The first-order chi connectivity index (χ1) is 11.7. The zero-order valence-corrected chi connectivity index (χ0v) is 14.4. The van der Waals surface area contributed by atoms with Gasteiger partial charge in [-0.25, -0.2) is 8.78 Å². The second-order valence-electron chi connectivity index (χ2n) is 7.20. The summed E-state index contributed by atoms with van der Waals surface area (Å²) in [5.41, 5.74) is -1.99. The molecule has 2 fully saturated rings. The maximum absolute atomic E-state index is 13.9. The summed E-state index contributed by atoms with van der Waals surface area (Å²) in [7, 11) is 0. The topological polar surface area (TPSA) is 49.9 Å². The van der Waals surface area contributed by atoms with Gasteiger partial charge < -0.3 is 14.5 Å². The second-order valence-corrected chi connectivity index (χ2v) is 7.20. The molecular weight excluding hydrogens is 330 g/mol. The molecule has 0 atom stereocenters. The van der Waals surface area contributed by atoms with Crippen LogP contribution in [-0.2, 0) is 14.3 Å². The van der Waals surface area contributed by atoms with Crippen LogP contribution in [0.3, 0.4) is 0 Å². The van der Waals surface area contributed by atoms with Crippen molar-refractivity contribution in [3.05, 3.63) is 30.1 Å². The molecule has 0 unspecified atom stereocenters. The predicted octanol–water partition coefficient (Wildman–Crippen LogP) is 2.30. The number of hydrogen-bond donors (Lipinski definition) is 0. The number of likely N-dealkylation sites (tertiary alicyclic amines) is 1. The Balaban J connectivity index is 1.72. The standard InChI is InChI=1S/C18H22F2N2O3/c1-17(2,20)16(24)21-8-6-18(7-9-21)12-22(15(23)11-25-18)14-5-3-4-13(19)10-14/h3-5,10H,6-9,11-12H2,1-2H3. The van der Waals surface area contributed by atoms with Gasteiger partial charge in [-0.15, -0.1) is 0 Å². The van der Waals surface area contributed by atoms with Crippen LogP contribution in [0.1, 0.15) is 26.7 Å². The van der Waals surface area contributed by atoms with E-state index in [0.717, 1.165) is 0 Å². The van der Waals surface area contributed by atoms with Gasteiger partial charge in [-0.2, -0.15) is 0 Å². The highest BCUT2D eigenvalue weighted by atomic mass is 19.1. The lowest BCUT2D eigenvalue weighted by molar-refractivity contribution is -0.155. The number of benzene rings is 1. The molecule has 25 heavy (non-hydrogen) atoms. The van der Waals surface area contributed by atoms with E-state index in [9.17, 15) is 18.4 Å². The highest BCUT2D eigenvalue weighted by Crippen LogP contribution is 2.33. The largest absolute Gasteiger partial charge is 0.363 e. The molecule has 2 amide bonds. The molecule has 2 aliphatic rings. The van der Waals surface area contributed by atoms with Crippen LogP contribution in [0.4, 0.5) is 14.5 Å². The van der Waals surface area contributed by atoms with E-state index in [1.165, 1.54) is 35.8 Å². The number of carbonyl (C=O) groups excluding carboxylic acids is 2. The summed E-state index contributed by atoms with van der Waals surface area (Å²) in [6.07, 6.45) is 1.02. The van der Waals surface area contributed by atoms with Gasteiger partial charge in [0, 0.05) is 18.8 Å². The lowest BCUT2D eigenvalue weighted by atomic mass is 9.88. The van der Waals surface area contributed by atoms with Crippen LogP contribution in [0.25, 0.3) is 0 Å². The van der Waals surface area contributed by atoms with Crippen LogP contribution in [-0.4, -0.2) is 54.2 Å². The first-order valence-electron chi connectivity index (χ1n) is 8.38. The molecule has 0 radical (unpaired) electrons. The van der Waals surface area contributed by atoms with E-state index >= 15 is 0 Å². The summed E-state index contributed by atoms with van der Waals surface area (Å²) < 4.78 is 33.1. The zero-order valence-electron chi connectivity index (χ0n) is 14.4. The van der Waals surface area contributed by atoms with E-state index in [1.807, 2.05) is 0 Å². The van der Waals surface area contributed by atoms with Gasteiger partial charge in [-0.05, 0) is 44.9 Å². The third-order valence-electron chi connectivity index (χ3n) is 4.84. The first-order valence-corrected chi connectivity index (χ1v) is 8.38. The summed E-state index contributed by atoms with van der Waals surface area (Å²) >= 11 is 0. The van der Waals surface area contributed by atoms with Crippen molar-refractivity contribution in [2.45, 2.75) is 38.0 Å². The van der Waals surface area contributed by atoms with E-state index in [2.05, 4.69) is 0 Å². The summed E-state index contributed by atoms with van der Waals surface area (Å²) in [6, 6.07) is 5.89. The van der Waals surface area contributed by atoms with Gasteiger partial charge in [0.25, 0.3) is 11.8 Å². The van der Waals surface area contributed by atoms with Crippen molar-refractivity contribution >= 4 is 17.5 Å². The molecule has 3 rings (SSSR count). The Hall–Kier alpha value is -2.02. The molecule has 0 bridgehead atoms. The number of rotatable bonds is 2. The molecule has 0 N–H and O–H groups in total. The van der Waals surface area contributed by atoms with Gasteiger partial charge in [0.15, 0.2) is 5.67 Å². The normalized spacial score (nSPS) is 20.9. The quantitative estimate of drug-likeness (QED) is 0.821. The maximum atomic E-state index is 13.9. The van der Waals surface area contributed by atoms with Crippen molar-refractivity contribution in [2.24, 2.45) is 0 Å². The van der Waals surface area contributed by atoms with Crippen molar-refractivity contribution in [2.75, 3.05) is 31.1 Å². The molecule has 1 aromatic rings. The van der Waals surface area contributed by atoms with E-state index < -0.39 is 23.0 Å². The molecule has 2 saturated heterocycles. The number of ether oxygens (including phenoxy) is 1. The van der Waals surface area contributed by atoms with Gasteiger partial charge in [0.1, 0.15) is 12.4 Å². The number of halogens is 2. The average molecular weight is 352 g/mol. The Kier molecular flexibility index (Phi) is 4.53. The van der Waals surface area contributed by atoms with E-state index in [1.54, 1.807) is 12.1 Å². The van der Waals surface area contributed by atoms with E-state index in [4.69, 9.17) is 4.74 Å². The summed E-state index contributed by atoms with van der Waals surface area (Å²) in [5.74, 6) is -1.16. The number of morpholine rings is 1. The maximum Gasteiger partial charge on any atom is 0.259 e. The Morgan fingerprint density at radius 3 is 2.56 bits per heavy atom. The summed E-state index contributed by atoms with van der Waals surface area (Å²) in [4.78, 5) is 27.3. The number of piperidine rings is 1. The zero-order chi connectivity index (χ0) is 18.2. The van der Waals surface area contributed by atoms with Crippen molar-refractivity contribution in [1.29, 1.82) is 0 Å². The minimum atomic E-state index is -1.90. The van der Waals surface area contributed by atoms with E-state index in [-0.39, 0.29) is 12.5 Å². The molecule has 0 aliphatic carbocycles. The highest BCUT2D eigenvalue weighted by Gasteiger charge is 2.45. The molecular formula is C18H22F2N2O3. The van der Waals surface area contributed by atoms with Crippen molar-refractivity contribution in [3.63, 3.8) is 0 Å². The Bertz CT molecular complexity index is 679. The molecule has 1 spiro atoms. The Morgan fingerprint density at radius 2 is 1.96 bits per heavy atom. The van der Waals surface area contributed by atoms with Crippen LogP contribution in [0.2, 0.25) is 0 Å². The van der Waals surface area contributed by atoms with Gasteiger partial charge >= 0.3 is 0 Å². The third kappa shape index (κ3) is 3.66. The molecule has 1 aromatic carbocycles. The fraction of sp³-hybridized carbons (Fsp3) is 0.556. The molecule has 2 heterocycles. The Labute approximate surface area is 145 Å². The van der Waals surface area contributed by atoms with Crippen molar-refractivity contribution in [1.82, 2.24) is 4.90 Å². The molecule has 5 nitrogen and oxygen atoms in total. The fourth-order valence-corrected chi connectivity index (χ4v) is 3.39. The first kappa shape index (κ1) is 17.8. The SMILES string of the molecule is CC(C)(F)C(=O)N1CCC2(CC1)CN(c1cccc(F)c1)C(=O)CO2. The lowest BCUT2D eigenvalue weighted by Crippen LogP contribution is -2.60. The monoisotopic (exact) mass is 352 g/mol. The van der Waals surface area contributed by atoms with Gasteiger partial charge in [-0.3, -0.25) is 9.59 Å². The molecule has 7 heteroatoms. The average Bonchev–Trinajstić information content (AvgIpc) is 2.57. The van der Waals surface area contributed by atoms with Crippen LogP contribution >= 0.6 is 0 Å². The van der Waals surface area contributed by atoms with Crippen LogP contribution < -0.4 is 4.90 Å². The number of carbonyl (C=O) groups is 2. The smallest absolute Gasteiger partial charge is 0.259 e. The molecule has 136 valence electrons. The summed E-state index contributed by atoms with van der Waals surface area (Å²) in [5, 5.41) is 0. The van der Waals surface area contributed by atoms with E-state index in [0.29, 0.717) is 38.2 Å².